The molecule has 0 fully saturated rings. The number of hydrogen-bond acceptors (Lipinski definition) is 1. The number of hydrogen-bond donors (Lipinski definition) is 0. The van der Waals surface area contributed by atoms with Gasteiger partial charge >= 0.3 is 0 Å². The molecule has 1 aromatic rings. The number of benzene rings is 1. The van der Waals surface area contributed by atoms with Crippen LogP contribution in [0.15, 0.2) is 41.5 Å². The molecule has 2 heteroatoms. The second-order valence-electron chi connectivity index (χ2n) is 2.56. The van der Waals surface area contributed by atoms with Crippen LogP contribution in [0.25, 0.3) is 5.57 Å². The number of alkyl halides is 1. The molecule has 0 N–H and O–H groups in total. The first-order chi connectivity index (χ1) is 6.47. The predicted molar refractivity (Wildman–Crippen MR) is 62.4 cm³/mol. The summed E-state index contributed by atoms with van der Waals surface area (Å²) in [5.74, 6) is 1.81. The average molecular weight is 238 g/mol. The standard InChI is InChI=1S/C10H9N.CH3Br/c1-2-4-9(5-3-1)10-6-7-11-8-10;1-2/h1-5,7-8H,6H2;1H3. The van der Waals surface area contributed by atoms with Crippen LogP contribution in [0.3, 0.4) is 0 Å². The van der Waals surface area contributed by atoms with E-state index in [0.717, 1.165) is 6.42 Å². The quantitative estimate of drug-likeness (QED) is 0.664. The monoisotopic (exact) mass is 237 g/mol. The van der Waals surface area contributed by atoms with Crippen molar-refractivity contribution in [2.24, 2.45) is 4.99 Å². The maximum absolute atomic E-state index is 4.05. The molecule has 0 atom stereocenters. The van der Waals surface area contributed by atoms with Crippen molar-refractivity contribution in [2.75, 3.05) is 5.83 Å². The van der Waals surface area contributed by atoms with Crippen molar-refractivity contribution < 1.29 is 0 Å². The summed E-state index contributed by atoms with van der Waals surface area (Å²) in [6.45, 7) is 0. The summed E-state index contributed by atoms with van der Waals surface area (Å²) in [4.78, 5) is 4.05. The molecule has 0 unspecified atom stereocenters. The number of aliphatic imine (C=N–C) groups is 1. The first-order valence-corrected chi connectivity index (χ1v) is 5.69. The van der Waals surface area contributed by atoms with Gasteiger partial charge in [-0.15, -0.1) is 0 Å². The third-order valence-electron chi connectivity index (χ3n) is 1.79. The Kier molecular flexibility index (Phi) is 4.47. The van der Waals surface area contributed by atoms with Crippen molar-refractivity contribution in [3.8, 4) is 0 Å². The Morgan fingerprint density at radius 2 is 1.85 bits per heavy atom. The molecule has 1 aliphatic rings. The lowest BCUT2D eigenvalue weighted by Crippen LogP contribution is -1.79. The van der Waals surface area contributed by atoms with Crippen LogP contribution in [-0.4, -0.2) is 12.0 Å². The van der Waals surface area contributed by atoms with Gasteiger partial charge in [-0.2, -0.15) is 0 Å². The van der Waals surface area contributed by atoms with Gasteiger partial charge in [0, 0.05) is 18.8 Å². The topological polar surface area (TPSA) is 12.4 Å². The Balaban J connectivity index is 0.000000396. The molecule has 0 radical (unpaired) electrons. The van der Waals surface area contributed by atoms with Crippen LogP contribution in [0.2, 0.25) is 0 Å². The zero-order valence-corrected chi connectivity index (χ0v) is 9.16. The predicted octanol–water partition coefficient (Wildman–Crippen LogP) is 3.51. The van der Waals surface area contributed by atoms with Crippen molar-refractivity contribution in [1.82, 2.24) is 0 Å². The van der Waals surface area contributed by atoms with E-state index < -0.39 is 0 Å². The van der Waals surface area contributed by atoms with Gasteiger partial charge in [0.2, 0.25) is 0 Å². The smallest absolute Gasteiger partial charge is 0.0305 e. The van der Waals surface area contributed by atoms with E-state index in [0.29, 0.717) is 0 Å². The minimum atomic E-state index is 0.976. The minimum Gasteiger partial charge on any atom is -0.268 e. The molecule has 0 saturated heterocycles. The van der Waals surface area contributed by atoms with Gasteiger partial charge in [0.25, 0.3) is 0 Å². The van der Waals surface area contributed by atoms with Crippen molar-refractivity contribution in [2.45, 2.75) is 6.42 Å². The normalized spacial score (nSPS) is 13.2. The number of allylic oxidation sites excluding steroid dienone is 1. The fourth-order valence-corrected chi connectivity index (χ4v) is 1.19. The third kappa shape index (κ3) is 2.81. The Hall–Kier alpha value is -0.890. The maximum Gasteiger partial charge on any atom is 0.0305 e. The number of rotatable bonds is 1. The molecule has 1 nitrogen and oxygen atoms in total. The van der Waals surface area contributed by atoms with Crippen LogP contribution >= 0.6 is 15.9 Å². The maximum atomic E-state index is 4.05. The molecular formula is C11H12BrN. The Morgan fingerprint density at radius 3 is 2.38 bits per heavy atom. The van der Waals surface area contributed by atoms with E-state index in [1.54, 1.807) is 0 Å². The average Bonchev–Trinajstić information content (AvgIpc) is 2.75. The highest BCUT2D eigenvalue weighted by molar-refractivity contribution is 9.08. The van der Waals surface area contributed by atoms with Crippen molar-refractivity contribution in [1.29, 1.82) is 0 Å². The lowest BCUT2D eigenvalue weighted by molar-refractivity contribution is 1.52. The highest BCUT2D eigenvalue weighted by Gasteiger charge is 2.01. The Morgan fingerprint density at radius 1 is 1.15 bits per heavy atom. The second kappa shape index (κ2) is 5.70. The highest BCUT2D eigenvalue weighted by Crippen LogP contribution is 2.19. The van der Waals surface area contributed by atoms with E-state index in [1.807, 2.05) is 24.3 Å². The van der Waals surface area contributed by atoms with Gasteiger partial charge < -0.3 is 0 Å². The van der Waals surface area contributed by atoms with E-state index >= 15 is 0 Å². The van der Waals surface area contributed by atoms with Crippen LogP contribution in [0.1, 0.15) is 12.0 Å². The van der Waals surface area contributed by atoms with Crippen molar-refractivity contribution in [3.63, 3.8) is 0 Å². The van der Waals surface area contributed by atoms with E-state index in [1.165, 1.54) is 11.1 Å². The minimum absolute atomic E-state index is 0.976. The fraction of sp³-hybridized carbons (Fsp3) is 0.182. The van der Waals surface area contributed by atoms with Crippen LogP contribution in [0.4, 0.5) is 0 Å². The highest BCUT2D eigenvalue weighted by atomic mass is 79.9. The second-order valence-corrected chi connectivity index (χ2v) is 2.56. The molecule has 2 rings (SSSR count). The molecule has 0 aliphatic carbocycles. The van der Waals surface area contributed by atoms with Gasteiger partial charge in [-0.3, -0.25) is 4.99 Å². The van der Waals surface area contributed by atoms with Crippen molar-refractivity contribution >= 4 is 27.7 Å². The largest absolute Gasteiger partial charge is 0.268 e. The summed E-state index contributed by atoms with van der Waals surface area (Å²) >= 11 is 2.94. The third-order valence-corrected chi connectivity index (χ3v) is 1.79. The van der Waals surface area contributed by atoms with Crippen LogP contribution in [-0.2, 0) is 0 Å². The summed E-state index contributed by atoms with van der Waals surface area (Å²) in [6, 6.07) is 10.4. The van der Waals surface area contributed by atoms with E-state index in [4.69, 9.17) is 0 Å². The molecule has 0 spiro atoms. The first kappa shape index (κ1) is 10.2. The first-order valence-electron chi connectivity index (χ1n) is 4.11. The fourth-order valence-electron chi connectivity index (χ4n) is 1.19. The van der Waals surface area contributed by atoms with Crippen LogP contribution in [0, 0.1) is 0 Å². The van der Waals surface area contributed by atoms with Gasteiger partial charge in [0.05, 0.1) is 0 Å². The molecule has 1 heterocycles. The van der Waals surface area contributed by atoms with Crippen LogP contribution < -0.4 is 0 Å². The lowest BCUT2D eigenvalue weighted by Gasteiger charge is -1.97. The number of halogens is 1. The van der Waals surface area contributed by atoms with Gasteiger partial charge in [-0.25, -0.2) is 0 Å². The number of nitrogens with zero attached hydrogens (tertiary/aromatic N) is 1. The van der Waals surface area contributed by atoms with Gasteiger partial charge in [0.1, 0.15) is 0 Å². The molecule has 0 bridgehead atoms. The molecular weight excluding hydrogens is 226 g/mol. The van der Waals surface area contributed by atoms with Gasteiger partial charge in [-0.1, -0.05) is 46.3 Å². The van der Waals surface area contributed by atoms with Crippen LogP contribution in [0.5, 0.6) is 0 Å². The van der Waals surface area contributed by atoms with Gasteiger partial charge in [-0.05, 0) is 17.0 Å². The van der Waals surface area contributed by atoms with E-state index in [-0.39, 0.29) is 0 Å². The van der Waals surface area contributed by atoms with Crippen molar-refractivity contribution in [3.05, 3.63) is 42.1 Å². The molecule has 0 saturated carbocycles. The van der Waals surface area contributed by atoms with E-state index in [9.17, 15) is 0 Å². The lowest BCUT2D eigenvalue weighted by atomic mass is 10.1. The molecule has 1 aliphatic heterocycles. The van der Waals surface area contributed by atoms with Gasteiger partial charge in [0.15, 0.2) is 0 Å². The SMILES string of the molecule is C1=NC=C(c2ccccc2)C1.CBr. The Labute approximate surface area is 87.3 Å². The zero-order valence-electron chi connectivity index (χ0n) is 7.57. The molecule has 13 heavy (non-hydrogen) atoms. The van der Waals surface area contributed by atoms with E-state index in [2.05, 4.69) is 45.2 Å². The summed E-state index contributed by atoms with van der Waals surface area (Å²) in [7, 11) is 0. The summed E-state index contributed by atoms with van der Waals surface area (Å²) in [5.41, 5.74) is 2.59. The summed E-state index contributed by atoms with van der Waals surface area (Å²) < 4.78 is 0. The zero-order chi connectivity index (χ0) is 9.52. The molecule has 68 valence electrons. The Bertz CT molecular complexity index is 301. The molecule has 0 aromatic heterocycles. The molecule has 1 aromatic carbocycles. The summed E-state index contributed by atoms with van der Waals surface area (Å²) in [5, 5.41) is 0. The molecule has 0 amide bonds. The summed E-state index contributed by atoms with van der Waals surface area (Å²) in [6.07, 6.45) is 4.83.